The van der Waals surface area contributed by atoms with E-state index < -0.39 is 0 Å². The van der Waals surface area contributed by atoms with E-state index in [9.17, 15) is 4.79 Å². The van der Waals surface area contributed by atoms with Crippen molar-refractivity contribution >= 4 is 45.0 Å². The van der Waals surface area contributed by atoms with Crippen LogP contribution < -0.4 is 9.64 Å². The molecule has 0 bridgehead atoms. The molecule has 2 saturated heterocycles. The Morgan fingerprint density at radius 3 is 2.68 bits per heavy atom. The number of piperazine rings is 1. The number of rotatable bonds is 6. The number of carbonyl (C=O) groups excluding carboxylic acids is 1. The maximum Gasteiger partial charge on any atom is 0.319 e. The van der Waals surface area contributed by atoms with E-state index in [1.165, 1.54) is 12.1 Å². The van der Waals surface area contributed by atoms with Gasteiger partial charge in [-0.3, -0.25) is 4.79 Å². The van der Waals surface area contributed by atoms with Crippen molar-refractivity contribution in [1.82, 2.24) is 19.8 Å². The van der Waals surface area contributed by atoms with Gasteiger partial charge in [-0.2, -0.15) is 9.97 Å². The summed E-state index contributed by atoms with van der Waals surface area (Å²) < 4.78 is 22.2. The Bertz CT molecular complexity index is 1640. The molecule has 0 saturated carbocycles. The maximum absolute atomic E-state index is 16.0. The van der Waals surface area contributed by atoms with Crippen molar-refractivity contribution < 1.29 is 13.9 Å². The van der Waals surface area contributed by atoms with Gasteiger partial charge in [0.1, 0.15) is 18.2 Å². The molecule has 0 radical (unpaired) electrons. The first kappa shape index (κ1) is 27.4. The molecule has 4 aromatic rings. The molecule has 1 amide bonds. The summed E-state index contributed by atoms with van der Waals surface area (Å²) in [5.41, 5.74) is 1.70. The average molecular weight is 574 g/mol. The lowest BCUT2D eigenvalue weighted by atomic mass is 9.96. The van der Waals surface area contributed by atoms with Crippen molar-refractivity contribution in [2.75, 3.05) is 44.7 Å². The summed E-state index contributed by atoms with van der Waals surface area (Å²) in [5.74, 6) is 0.117. The highest BCUT2D eigenvalue weighted by Gasteiger charge is 2.29. The number of ether oxygens (including phenoxy) is 1. The molecule has 2 fully saturated rings. The highest BCUT2D eigenvalue weighted by atomic mass is 35.5. The van der Waals surface area contributed by atoms with Gasteiger partial charge < -0.3 is 19.4 Å². The number of fused-ring (bicyclic) bond motifs is 2. The lowest BCUT2D eigenvalue weighted by molar-refractivity contribution is -0.126. The summed E-state index contributed by atoms with van der Waals surface area (Å²) in [5, 5.41) is 2.88. The van der Waals surface area contributed by atoms with Crippen LogP contribution in [-0.4, -0.2) is 77.6 Å². The van der Waals surface area contributed by atoms with Crippen molar-refractivity contribution in [2.24, 2.45) is 0 Å². The SMILES string of the molecule is C=CC(=O)N1CCN(c2nc(OC[C@@H]3CCCN3C)nc3cc(-c4cccc5cccc(Cl)c45)c(F)cc23)[C@@H](C)C1. The molecule has 0 N–H and O–H groups in total. The van der Waals surface area contributed by atoms with Gasteiger partial charge in [0.05, 0.1) is 5.52 Å². The third-order valence-electron chi connectivity index (χ3n) is 8.35. The number of hydrogen-bond acceptors (Lipinski definition) is 6. The molecule has 6 rings (SSSR count). The van der Waals surface area contributed by atoms with Gasteiger partial charge in [-0.05, 0) is 68.6 Å². The molecule has 212 valence electrons. The standard InChI is InChI=1S/C32H33ClFN5O2/c1-4-29(40)38-14-15-39(20(2)18-38)31-25-16-27(34)24(23-11-5-8-21-9-6-12-26(33)30(21)23)17-28(25)35-32(36-31)41-19-22-10-7-13-37(22)3/h4-6,8-9,11-12,16-17,20,22H,1,7,10,13-15,18-19H2,2-3H3/t20-,22-/m0/s1. The van der Waals surface area contributed by atoms with E-state index in [-0.39, 0.29) is 23.8 Å². The quantitative estimate of drug-likeness (QED) is 0.266. The summed E-state index contributed by atoms with van der Waals surface area (Å²) >= 11 is 6.60. The fourth-order valence-corrected chi connectivity index (χ4v) is 6.37. The summed E-state index contributed by atoms with van der Waals surface area (Å²) in [6, 6.07) is 15.2. The van der Waals surface area contributed by atoms with Crippen LogP contribution in [0.3, 0.4) is 0 Å². The monoisotopic (exact) mass is 573 g/mol. The summed E-state index contributed by atoms with van der Waals surface area (Å²) in [7, 11) is 2.10. The number of hydrogen-bond donors (Lipinski definition) is 0. The highest BCUT2D eigenvalue weighted by Crippen LogP contribution is 2.38. The van der Waals surface area contributed by atoms with Gasteiger partial charge in [0.15, 0.2) is 0 Å². The Balaban J connectivity index is 1.45. The molecule has 2 atom stereocenters. The van der Waals surface area contributed by atoms with Crippen molar-refractivity contribution in [2.45, 2.75) is 31.8 Å². The largest absolute Gasteiger partial charge is 0.462 e. The fourth-order valence-electron chi connectivity index (χ4n) is 6.08. The molecule has 2 aliphatic rings. The molecule has 3 heterocycles. The van der Waals surface area contributed by atoms with Crippen LogP contribution in [-0.2, 0) is 4.79 Å². The second kappa shape index (κ2) is 11.3. The molecule has 1 aromatic heterocycles. The number of benzene rings is 3. The number of halogens is 2. The minimum absolute atomic E-state index is 0.0563. The van der Waals surface area contributed by atoms with Crippen LogP contribution in [0.2, 0.25) is 5.02 Å². The van der Waals surface area contributed by atoms with Crippen LogP contribution >= 0.6 is 11.6 Å². The maximum atomic E-state index is 16.0. The van der Waals surface area contributed by atoms with Crippen LogP contribution in [0.4, 0.5) is 10.2 Å². The van der Waals surface area contributed by atoms with Gasteiger partial charge in [-0.15, -0.1) is 0 Å². The van der Waals surface area contributed by atoms with Crippen molar-refractivity contribution in [1.29, 1.82) is 0 Å². The zero-order valence-electron chi connectivity index (χ0n) is 23.3. The van der Waals surface area contributed by atoms with Crippen molar-refractivity contribution in [3.8, 4) is 17.1 Å². The summed E-state index contributed by atoms with van der Waals surface area (Å²) in [6.07, 6.45) is 3.53. The van der Waals surface area contributed by atoms with E-state index in [1.54, 1.807) is 11.0 Å². The molecule has 3 aromatic carbocycles. The number of aromatic nitrogens is 2. The molecule has 41 heavy (non-hydrogen) atoms. The third kappa shape index (κ3) is 5.22. The van der Waals surface area contributed by atoms with Gasteiger partial charge in [0.25, 0.3) is 0 Å². The van der Waals surface area contributed by atoms with E-state index in [2.05, 4.69) is 23.4 Å². The van der Waals surface area contributed by atoms with Crippen LogP contribution in [0.5, 0.6) is 6.01 Å². The molecule has 0 unspecified atom stereocenters. The third-order valence-corrected chi connectivity index (χ3v) is 8.67. The smallest absolute Gasteiger partial charge is 0.319 e. The normalized spacial score (nSPS) is 19.7. The predicted octanol–water partition coefficient (Wildman–Crippen LogP) is 5.94. The van der Waals surface area contributed by atoms with Gasteiger partial charge in [-0.25, -0.2) is 4.39 Å². The number of likely N-dealkylation sites (tertiary alicyclic amines) is 1. The Hall–Kier alpha value is -3.75. The van der Waals surface area contributed by atoms with E-state index in [0.29, 0.717) is 65.2 Å². The van der Waals surface area contributed by atoms with Gasteiger partial charge in [0, 0.05) is 53.1 Å². The first-order chi connectivity index (χ1) is 19.8. The van der Waals surface area contributed by atoms with E-state index in [1.807, 2.05) is 43.3 Å². The highest BCUT2D eigenvalue weighted by molar-refractivity contribution is 6.36. The summed E-state index contributed by atoms with van der Waals surface area (Å²) in [4.78, 5) is 28.0. The van der Waals surface area contributed by atoms with E-state index in [4.69, 9.17) is 26.3 Å². The van der Waals surface area contributed by atoms with Gasteiger partial charge in [0.2, 0.25) is 5.91 Å². The Morgan fingerprint density at radius 1 is 1.15 bits per heavy atom. The second-order valence-electron chi connectivity index (χ2n) is 10.9. The Kier molecular flexibility index (Phi) is 7.53. The van der Waals surface area contributed by atoms with Gasteiger partial charge in [-0.1, -0.05) is 48.5 Å². The minimum Gasteiger partial charge on any atom is -0.462 e. The lowest BCUT2D eigenvalue weighted by Gasteiger charge is -2.40. The van der Waals surface area contributed by atoms with Crippen LogP contribution in [0, 0.1) is 5.82 Å². The number of likely N-dealkylation sites (N-methyl/N-ethyl adjacent to an activating group) is 1. The molecular weight excluding hydrogens is 541 g/mol. The van der Waals surface area contributed by atoms with Crippen LogP contribution in [0.25, 0.3) is 32.8 Å². The van der Waals surface area contributed by atoms with Crippen LogP contribution in [0.15, 0.2) is 61.2 Å². The Labute approximate surface area is 244 Å². The molecule has 0 aliphatic carbocycles. The fraction of sp³-hybridized carbons (Fsp3) is 0.344. The van der Waals surface area contributed by atoms with E-state index in [0.717, 1.165) is 30.2 Å². The first-order valence-electron chi connectivity index (χ1n) is 14.0. The van der Waals surface area contributed by atoms with Crippen LogP contribution in [0.1, 0.15) is 19.8 Å². The molecule has 7 nitrogen and oxygen atoms in total. The minimum atomic E-state index is -0.385. The summed E-state index contributed by atoms with van der Waals surface area (Å²) in [6.45, 7) is 8.74. The number of amides is 1. The zero-order chi connectivity index (χ0) is 28.7. The van der Waals surface area contributed by atoms with E-state index >= 15 is 4.39 Å². The Morgan fingerprint density at radius 2 is 1.95 bits per heavy atom. The van der Waals surface area contributed by atoms with Gasteiger partial charge >= 0.3 is 6.01 Å². The number of nitrogens with zero attached hydrogens (tertiary/aromatic N) is 5. The average Bonchev–Trinajstić information content (AvgIpc) is 3.39. The zero-order valence-corrected chi connectivity index (χ0v) is 24.1. The van der Waals surface area contributed by atoms with Crippen molar-refractivity contribution in [3.05, 3.63) is 72.0 Å². The number of anilines is 1. The molecule has 9 heteroatoms. The first-order valence-corrected chi connectivity index (χ1v) is 14.4. The molecule has 0 spiro atoms. The lowest BCUT2D eigenvalue weighted by Crippen LogP contribution is -2.53. The molecular formula is C32H33ClFN5O2. The number of carbonyl (C=O) groups is 1. The van der Waals surface area contributed by atoms with Crippen molar-refractivity contribution in [3.63, 3.8) is 0 Å². The second-order valence-corrected chi connectivity index (χ2v) is 11.3. The topological polar surface area (TPSA) is 61.8 Å². The predicted molar refractivity (Wildman–Crippen MR) is 162 cm³/mol. The molecule has 2 aliphatic heterocycles.